The molecule has 84 valence electrons. The van der Waals surface area contributed by atoms with Crippen molar-refractivity contribution in [1.29, 1.82) is 0 Å². The van der Waals surface area contributed by atoms with E-state index in [1.54, 1.807) is 0 Å². The molecule has 2 heteroatoms. The van der Waals surface area contributed by atoms with Crippen LogP contribution in [0.5, 0.6) is 5.75 Å². The van der Waals surface area contributed by atoms with Gasteiger partial charge in [-0.3, -0.25) is 0 Å². The van der Waals surface area contributed by atoms with E-state index in [2.05, 4.69) is 6.92 Å². The van der Waals surface area contributed by atoms with E-state index in [1.807, 2.05) is 38.1 Å². The number of para-hydroxylation sites is 1. The Morgan fingerprint density at radius 3 is 2.47 bits per heavy atom. The molecule has 1 rings (SSSR count). The van der Waals surface area contributed by atoms with Gasteiger partial charge in [0.05, 0.1) is 12.2 Å². The van der Waals surface area contributed by atoms with Crippen LogP contribution in [-0.4, -0.2) is 11.2 Å². The fourth-order valence-electron chi connectivity index (χ4n) is 1.38. The van der Waals surface area contributed by atoms with Crippen LogP contribution in [0.3, 0.4) is 0 Å². The Balaban J connectivity index is 2.86. The highest BCUT2D eigenvalue weighted by Gasteiger charge is 2.12. The van der Waals surface area contributed by atoms with Crippen LogP contribution in [0.4, 0.5) is 0 Å². The molecule has 0 aliphatic heterocycles. The molecule has 0 fully saturated rings. The summed E-state index contributed by atoms with van der Waals surface area (Å²) in [5, 5.41) is 9.82. The smallest absolute Gasteiger partial charge is 0.125 e. The number of rotatable bonds is 5. The summed E-state index contributed by atoms with van der Waals surface area (Å²) < 4.78 is 5.76. The first-order valence-electron chi connectivity index (χ1n) is 5.62. The lowest BCUT2D eigenvalue weighted by atomic mass is 10.1. The second kappa shape index (κ2) is 5.76. The fraction of sp³-hybridized carbons (Fsp3) is 0.538. The van der Waals surface area contributed by atoms with Gasteiger partial charge < -0.3 is 9.84 Å². The van der Waals surface area contributed by atoms with E-state index >= 15 is 0 Å². The van der Waals surface area contributed by atoms with E-state index in [0.717, 1.165) is 17.7 Å². The average Bonchev–Trinajstić information content (AvgIpc) is 2.28. The molecular weight excluding hydrogens is 188 g/mol. The lowest BCUT2D eigenvalue weighted by molar-refractivity contribution is 0.158. The second-order valence-corrected chi connectivity index (χ2v) is 3.80. The van der Waals surface area contributed by atoms with Crippen LogP contribution in [0.25, 0.3) is 0 Å². The minimum atomic E-state index is -0.426. The number of ether oxygens (including phenoxy) is 1. The highest BCUT2D eigenvalue weighted by atomic mass is 16.5. The van der Waals surface area contributed by atoms with E-state index in [1.165, 1.54) is 0 Å². The maximum absolute atomic E-state index is 9.82. The molecule has 1 N–H and O–H groups in total. The highest BCUT2D eigenvalue weighted by Crippen LogP contribution is 2.27. The molecule has 0 aliphatic carbocycles. The van der Waals surface area contributed by atoms with Gasteiger partial charge in [-0.25, -0.2) is 0 Å². The molecule has 0 spiro atoms. The number of hydrogen-bond acceptors (Lipinski definition) is 2. The third kappa shape index (κ3) is 3.24. The molecule has 0 amide bonds. The predicted octanol–water partition coefficient (Wildman–Crippen LogP) is 3.31. The first-order valence-corrected chi connectivity index (χ1v) is 5.62. The van der Waals surface area contributed by atoms with Crippen LogP contribution in [0.15, 0.2) is 24.3 Å². The molecule has 0 bridgehead atoms. The van der Waals surface area contributed by atoms with Crippen LogP contribution in [-0.2, 0) is 0 Å². The maximum Gasteiger partial charge on any atom is 0.125 e. The second-order valence-electron chi connectivity index (χ2n) is 3.80. The van der Waals surface area contributed by atoms with Crippen LogP contribution >= 0.6 is 0 Å². The zero-order valence-corrected chi connectivity index (χ0v) is 9.73. The largest absolute Gasteiger partial charge is 0.490 e. The number of aliphatic hydroxyl groups is 1. The van der Waals surface area contributed by atoms with Crippen molar-refractivity contribution in [3.63, 3.8) is 0 Å². The zero-order valence-electron chi connectivity index (χ0n) is 9.73. The number of benzene rings is 1. The Morgan fingerprint density at radius 1 is 1.20 bits per heavy atom. The van der Waals surface area contributed by atoms with Crippen molar-refractivity contribution in [2.45, 2.75) is 45.8 Å². The van der Waals surface area contributed by atoms with E-state index in [9.17, 15) is 5.11 Å². The topological polar surface area (TPSA) is 29.5 Å². The molecule has 0 saturated heterocycles. The molecule has 0 aliphatic rings. The first kappa shape index (κ1) is 12.1. The Bertz CT molecular complexity index is 296. The summed E-state index contributed by atoms with van der Waals surface area (Å²) in [6, 6.07) is 7.70. The third-order valence-corrected chi connectivity index (χ3v) is 2.57. The van der Waals surface area contributed by atoms with Crippen molar-refractivity contribution >= 4 is 0 Å². The lowest BCUT2D eigenvalue weighted by Crippen LogP contribution is -2.12. The minimum absolute atomic E-state index is 0.190. The van der Waals surface area contributed by atoms with Gasteiger partial charge in [0.2, 0.25) is 0 Å². The normalized spacial score (nSPS) is 14.7. The standard InChI is InChI=1S/C13H20O2/c1-4-10(3)15-13-9-7-6-8-11(13)12(14)5-2/h6-10,12,14H,4-5H2,1-3H3/t10?,12-/m0/s1. The van der Waals surface area contributed by atoms with E-state index in [4.69, 9.17) is 4.74 Å². The van der Waals surface area contributed by atoms with Gasteiger partial charge in [-0.15, -0.1) is 0 Å². The zero-order chi connectivity index (χ0) is 11.3. The summed E-state index contributed by atoms with van der Waals surface area (Å²) in [5.74, 6) is 0.807. The van der Waals surface area contributed by atoms with E-state index in [-0.39, 0.29) is 6.10 Å². The van der Waals surface area contributed by atoms with Gasteiger partial charge in [0.15, 0.2) is 0 Å². The highest BCUT2D eigenvalue weighted by molar-refractivity contribution is 5.35. The van der Waals surface area contributed by atoms with Crippen molar-refractivity contribution in [2.75, 3.05) is 0 Å². The molecule has 1 aromatic rings. The van der Waals surface area contributed by atoms with Crippen molar-refractivity contribution in [2.24, 2.45) is 0 Å². The van der Waals surface area contributed by atoms with Crippen LogP contribution in [0, 0.1) is 0 Å². The summed E-state index contributed by atoms with van der Waals surface area (Å²) in [4.78, 5) is 0. The number of hydrogen-bond donors (Lipinski definition) is 1. The summed E-state index contributed by atoms with van der Waals surface area (Å²) in [6.45, 7) is 6.09. The maximum atomic E-state index is 9.82. The Labute approximate surface area is 91.9 Å². The van der Waals surface area contributed by atoms with Gasteiger partial charge in [0.25, 0.3) is 0 Å². The molecule has 0 aromatic heterocycles. The van der Waals surface area contributed by atoms with E-state index in [0.29, 0.717) is 6.42 Å². The number of aliphatic hydroxyl groups excluding tert-OH is 1. The molecule has 2 nitrogen and oxygen atoms in total. The molecule has 0 heterocycles. The van der Waals surface area contributed by atoms with Crippen LogP contribution < -0.4 is 4.74 Å². The monoisotopic (exact) mass is 208 g/mol. The van der Waals surface area contributed by atoms with Gasteiger partial charge in [0.1, 0.15) is 5.75 Å². The quantitative estimate of drug-likeness (QED) is 0.804. The summed E-state index contributed by atoms with van der Waals surface area (Å²) in [7, 11) is 0. The fourth-order valence-corrected chi connectivity index (χ4v) is 1.38. The summed E-state index contributed by atoms with van der Waals surface area (Å²) in [5.41, 5.74) is 0.889. The van der Waals surface area contributed by atoms with E-state index < -0.39 is 6.10 Å². The molecule has 1 unspecified atom stereocenters. The Hall–Kier alpha value is -1.02. The van der Waals surface area contributed by atoms with Gasteiger partial charge in [-0.2, -0.15) is 0 Å². The van der Waals surface area contributed by atoms with Gasteiger partial charge in [0, 0.05) is 5.56 Å². The Morgan fingerprint density at radius 2 is 1.87 bits per heavy atom. The summed E-state index contributed by atoms with van der Waals surface area (Å²) in [6.07, 6.45) is 1.44. The first-order chi connectivity index (χ1) is 7.19. The van der Waals surface area contributed by atoms with Gasteiger partial charge in [-0.1, -0.05) is 32.0 Å². The molecule has 2 atom stereocenters. The van der Waals surface area contributed by atoms with Crippen LogP contribution in [0.1, 0.15) is 45.3 Å². The third-order valence-electron chi connectivity index (χ3n) is 2.57. The molecule has 15 heavy (non-hydrogen) atoms. The van der Waals surface area contributed by atoms with Crippen molar-refractivity contribution in [3.8, 4) is 5.75 Å². The molecule has 0 saturated carbocycles. The van der Waals surface area contributed by atoms with Crippen molar-refractivity contribution in [3.05, 3.63) is 29.8 Å². The Kier molecular flexibility index (Phi) is 4.63. The van der Waals surface area contributed by atoms with Gasteiger partial charge >= 0.3 is 0 Å². The average molecular weight is 208 g/mol. The summed E-state index contributed by atoms with van der Waals surface area (Å²) >= 11 is 0. The molecule has 1 aromatic carbocycles. The lowest BCUT2D eigenvalue weighted by Gasteiger charge is -2.18. The van der Waals surface area contributed by atoms with Crippen LogP contribution in [0.2, 0.25) is 0 Å². The van der Waals surface area contributed by atoms with Crippen molar-refractivity contribution in [1.82, 2.24) is 0 Å². The van der Waals surface area contributed by atoms with Crippen molar-refractivity contribution < 1.29 is 9.84 Å². The minimum Gasteiger partial charge on any atom is -0.490 e. The molecular formula is C13H20O2. The predicted molar refractivity (Wildman–Crippen MR) is 62.1 cm³/mol. The SMILES string of the molecule is CCC(C)Oc1ccccc1[C@@H](O)CC. The molecule has 0 radical (unpaired) electrons. The van der Waals surface area contributed by atoms with Gasteiger partial charge in [-0.05, 0) is 25.8 Å².